The highest BCUT2D eigenvalue weighted by atomic mass is 16.5. The summed E-state index contributed by atoms with van der Waals surface area (Å²) in [7, 11) is 0. The molecule has 1 aliphatic rings. The second-order valence-electron chi connectivity index (χ2n) is 6.17. The van der Waals surface area contributed by atoms with Gasteiger partial charge in [0, 0.05) is 32.0 Å². The number of hydrogen-bond acceptors (Lipinski definition) is 3. The van der Waals surface area contributed by atoms with Crippen molar-refractivity contribution in [3.05, 3.63) is 0 Å². The molecule has 0 aromatic heterocycles. The van der Waals surface area contributed by atoms with Crippen molar-refractivity contribution in [3.8, 4) is 0 Å². The van der Waals surface area contributed by atoms with Gasteiger partial charge in [-0.1, -0.05) is 13.8 Å². The molecule has 1 aliphatic heterocycles. The monoisotopic (exact) mass is 286 g/mol. The fourth-order valence-electron chi connectivity index (χ4n) is 2.13. The zero-order valence-electron chi connectivity index (χ0n) is 12.4. The summed E-state index contributed by atoms with van der Waals surface area (Å²) >= 11 is 0. The predicted molar refractivity (Wildman–Crippen MR) is 75.6 cm³/mol. The lowest BCUT2D eigenvalue weighted by Gasteiger charge is -2.23. The average Bonchev–Trinajstić information content (AvgIpc) is 2.87. The topological polar surface area (TPSA) is 87.7 Å². The third-order valence-corrected chi connectivity index (χ3v) is 3.68. The Hall–Kier alpha value is -1.30. The zero-order valence-corrected chi connectivity index (χ0v) is 12.4. The summed E-state index contributed by atoms with van der Waals surface area (Å²) in [6.45, 7) is 6.75. The fourth-order valence-corrected chi connectivity index (χ4v) is 2.13. The van der Waals surface area contributed by atoms with E-state index >= 15 is 0 Å². The van der Waals surface area contributed by atoms with E-state index in [0.717, 1.165) is 26.1 Å². The summed E-state index contributed by atoms with van der Waals surface area (Å²) in [4.78, 5) is 22.1. The lowest BCUT2D eigenvalue weighted by molar-refractivity contribution is -0.137. The van der Waals surface area contributed by atoms with E-state index in [0.29, 0.717) is 25.4 Å². The van der Waals surface area contributed by atoms with E-state index < -0.39 is 5.97 Å². The van der Waals surface area contributed by atoms with Gasteiger partial charge in [0.05, 0.1) is 6.61 Å². The van der Waals surface area contributed by atoms with E-state index in [-0.39, 0.29) is 17.9 Å². The van der Waals surface area contributed by atoms with Crippen LogP contribution in [0.15, 0.2) is 0 Å². The molecule has 1 atom stereocenters. The van der Waals surface area contributed by atoms with Gasteiger partial charge in [-0.25, -0.2) is 4.79 Å². The maximum atomic E-state index is 11.6. The minimum atomic E-state index is -0.775. The molecule has 20 heavy (non-hydrogen) atoms. The third-order valence-electron chi connectivity index (χ3n) is 3.68. The summed E-state index contributed by atoms with van der Waals surface area (Å²) in [6.07, 6.45) is 2.55. The Morgan fingerprint density at radius 1 is 1.30 bits per heavy atom. The lowest BCUT2D eigenvalue weighted by atomic mass is 9.84. The first-order valence-electron chi connectivity index (χ1n) is 7.20. The Bertz CT molecular complexity index is 325. The van der Waals surface area contributed by atoms with E-state index in [2.05, 4.69) is 10.6 Å². The highest BCUT2D eigenvalue weighted by Crippen LogP contribution is 2.25. The smallest absolute Gasteiger partial charge is 0.314 e. The molecular formula is C14H26N2O4. The Morgan fingerprint density at radius 2 is 2.05 bits per heavy atom. The van der Waals surface area contributed by atoms with Crippen LogP contribution in [0.2, 0.25) is 0 Å². The molecule has 0 radical (unpaired) electrons. The molecule has 3 N–H and O–H groups in total. The number of amides is 2. The van der Waals surface area contributed by atoms with Gasteiger partial charge in [0.1, 0.15) is 0 Å². The highest BCUT2D eigenvalue weighted by Gasteiger charge is 2.19. The van der Waals surface area contributed by atoms with Crippen LogP contribution < -0.4 is 10.6 Å². The minimum Gasteiger partial charge on any atom is -0.481 e. The molecule has 0 aliphatic carbocycles. The third kappa shape index (κ3) is 7.33. The van der Waals surface area contributed by atoms with Gasteiger partial charge < -0.3 is 20.5 Å². The molecule has 1 saturated heterocycles. The van der Waals surface area contributed by atoms with Gasteiger partial charge in [0.25, 0.3) is 0 Å². The number of carboxylic acid groups (broad SMARTS) is 1. The van der Waals surface area contributed by atoms with Crippen molar-refractivity contribution in [1.29, 1.82) is 0 Å². The zero-order chi connectivity index (χ0) is 15.0. The Balaban J connectivity index is 2.09. The van der Waals surface area contributed by atoms with Crippen molar-refractivity contribution in [2.75, 3.05) is 26.3 Å². The summed E-state index contributed by atoms with van der Waals surface area (Å²) in [5, 5.41) is 14.3. The number of hydrogen-bond donors (Lipinski definition) is 3. The van der Waals surface area contributed by atoms with Gasteiger partial charge in [-0.15, -0.1) is 0 Å². The molecule has 0 aromatic carbocycles. The molecule has 116 valence electrons. The fraction of sp³-hybridized carbons (Fsp3) is 0.857. The lowest BCUT2D eigenvalue weighted by Crippen LogP contribution is -2.39. The molecule has 6 heteroatoms. The van der Waals surface area contributed by atoms with E-state index in [1.54, 1.807) is 0 Å². The van der Waals surface area contributed by atoms with Crippen LogP contribution in [0.3, 0.4) is 0 Å². The normalized spacial score (nSPS) is 18.8. The number of rotatable bonds is 8. The number of carbonyl (C=O) groups is 2. The first-order chi connectivity index (χ1) is 9.39. The molecule has 0 saturated carbocycles. The molecule has 1 heterocycles. The van der Waals surface area contributed by atoms with Gasteiger partial charge in [-0.2, -0.15) is 0 Å². The van der Waals surface area contributed by atoms with E-state index in [1.165, 1.54) is 0 Å². The van der Waals surface area contributed by atoms with Crippen LogP contribution in [-0.4, -0.2) is 43.4 Å². The van der Waals surface area contributed by atoms with Crippen molar-refractivity contribution in [3.63, 3.8) is 0 Å². The molecule has 1 fully saturated rings. The standard InChI is InChI=1S/C14H26N2O4/c1-14(2,5-3-12(17)18)6-7-15-13(19)16-9-11-4-8-20-10-11/h11H,3-10H2,1-2H3,(H,17,18)(H2,15,16,19). The molecular weight excluding hydrogens is 260 g/mol. The van der Waals surface area contributed by atoms with Crippen LogP contribution in [0.5, 0.6) is 0 Å². The Kier molecular flexibility index (Phi) is 6.78. The van der Waals surface area contributed by atoms with Gasteiger partial charge in [0.2, 0.25) is 0 Å². The van der Waals surface area contributed by atoms with Crippen molar-refractivity contribution < 1.29 is 19.4 Å². The SMILES string of the molecule is CC(C)(CCNC(=O)NCC1CCOC1)CCC(=O)O. The molecule has 0 aromatic rings. The van der Waals surface area contributed by atoms with Crippen molar-refractivity contribution in [2.45, 2.75) is 39.5 Å². The maximum Gasteiger partial charge on any atom is 0.314 e. The minimum absolute atomic E-state index is 0.0784. The van der Waals surface area contributed by atoms with Gasteiger partial charge in [-0.05, 0) is 24.7 Å². The highest BCUT2D eigenvalue weighted by molar-refractivity contribution is 5.73. The van der Waals surface area contributed by atoms with Crippen molar-refractivity contribution in [2.24, 2.45) is 11.3 Å². The predicted octanol–water partition coefficient (Wildman–Crippen LogP) is 1.60. The summed E-state index contributed by atoms with van der Waals surface area (Å²) in [6, 6.07) is -0.161. The number of carbonyl (C=O) groups excluding carboxylic acids is 1. The van der Waals surface area contributed by atoms with Crippen LogP contribution in [0, 0.1) is 11.3 Å². The van der Waals surface area contributed by atoms with Crippen LogP contribution >= 0.6 is 0 Å². The number of ether oxygens (including phenoxy) is 1. The van der Waals surface area contributed by atoms with E-state index in [9.17, 15) is 9.59 Å². The Labute approximate surface area is 120 Å². The molecule has 2 amide bonds. The molecule has 1 rings (SSSR count). The van der Waals surface area contributed by atoms with Crippen LogP contribution in [0.4, 0.5) is 4.79 Å². The molecule has 0 bridgehead atoms. The van der Waals surface area contributed by atoms with E-state index in [4.69, 9.17) is 9.84 Å². The van der Waals surface area contributed by atoms with Crippen LogP contribution in [0.1, 0.15) is 39.5 Å². The van der Waals surface area contributed by atoms with Crippen LogP contribution in [0.25, 0.3) is 0 Å². The number of urea groups is 1. The van der Waals surface area contributed by atoms with Crippen LogP contribution in [-0.2, 0) is 9.53 Å². The maximum absolute atomic E-state index is 11.6. The number of nitrogens with one attached hydrogen (secondary N) is 2. The van der Waals surface area contributed by atoms with E-state index in [1.807, 2.05) is 13.8 Å². The molecule has 1 unspecified atom stereocenters. The second-order valence-corrected chi connectivity index (χ2v) is 6.17. The molecule has 0 spiro atoms. The van der Waals surface area contributed by atoms with Gasteiger partial charge in [-0.3, -0.25) is 4.79 Å². The van der Waals surface area contributed by atoms with Crippen molar-refractivity contribution in [1.82, 2.24) is 10.6 Å². The first kappa shape index (κ1) is 16.8. The summed E-state index contributed by atoms with van der Waals surface area (Å²) in [5.74, 6) is -0.352. The number of aliphatic carboxylic acids is 1. The first-order valence-corrected chi connectivity index (χ1v) is 7.20. The molecule has 6 nitrogen and oxygen atoms in total. The summed E-state index contributed by atoms with van der Waals surface area (Å²) < 4.78 is 5.24. The van der Waals surface area contributed by atoms with Gasteiger partial charge in [0.15, 0.2) is 0 Å². The largest absolute Gasteiger partial charge is 0.481 e. The quantitative estimate of drug-likeness (QED) is 0.632. The average molecular weight is 286 g/mol. The Morgan fingerprint density at radius 3 is 2.65 bits per heavy atom. The van der Waals surface area contributed by atoms with Gasteiger partial charge >= 0.3 is 12.0 Å². The number of carboxylic acids is 1. The summed E-state index contributed by atoms with van der Waals surface area (Å²) in [5.41, 5.74) is -0.0784. The van der Waals surface area contributed by atoms with Crippen molar-refractivity contribution >= 4 is 12.0 Å². The second kappa shape index (κ2) is 8.09.